The number of halogens is 6. The summed E-state index contributed by atoms with van der Waals surface area (Å²) in [5.74, 6) is -1.38. The second-order valence-electron chi connectivity index (χ2n) is 4.93. The van der Waals surface area contributed by atoms with Crippen molar-refractivity contribution in [2.24, 2.45) is 5.92 Å². The van der Waals surface area contributed by atoms with Crippen molar-refractivity contribution in [3.05, 3.63) is 27.2 Å². The molecule has 1 aromatic carbocycles. The largest absolute Gasteiger partial charge is 0.393 e. The summed E-state index contributed by atoms with van der Waals surface area (Å²) in [6.45, 7) is 0. The van der Waals surface area contributed by atoms with Crippen LogP contribution in [0.25, 0.3) is 0 Å². The van der Waals surface area contributed by atoms with Crippen molar-refractivity contribution in [1.29, 1.82) is 0 Å². The van der Waals surface area contributed by atoms with Crippen molar-refractivity contribution >= 4 is 40.5 Å². The van der Waals surface area contributed by atoms with Gasteiger partial charge in [0.05, 0.1) is 21.7 Å². The second kappa shape index (κ2) is 6.20. The average molecular weight is 347 g/mol. The first-order valence-electron chi connectivity index (χ1n) is 6.27. The molecule has 1 aliphatic carbocycles. The van der Waals surface area contributed by atoms with Crippen LogP contribution < -0.4 is 5.32 Å². The van der Waals surface area contributed by atoms with Gasteiger partial charge in [-0.3, -0.25) is 0 Å². The summed E-state index contributed by atoms with van der Waals surface area (Å²) in [5, 5.41) is 3.67. The Bertz CT molecular complexity index is 467. The highest BCUT2D eigenvalue weighted by molar-refractivity contribution is 6.41. The van der Waals surface area contributed by atoms with Crippen LogP contribution >= 0.6 is 34.8 Å². The zero-order valence-corrected chi connectivity index (χ0v) is 12.7. The highest BCUT2D eigenvalue weighted by Crippen LogP contribution is 2.41. The van der Waals surface area contributed by atoms with Crippen LogP contribution in [0, 0.1) is 5.92 Å². The molecule has 0 aromatic heterocycles. The Morgan fingerprint density at radius 1 is 1.00 bits per heavy atom. The smallest absolute Gasteiger partial charge is 0.379 e. The molecule has 7 heteroatoms. The van der Waals surface area contributed by atoms with Gasteiger partial charge in [-0.15, -0.1) is 0 Å². The van der Waals surface area contributed by atoms with Gasteiger partial charge in [-0.25, -0.2) is 0 Å². The summed E-state index contributed by atoms with van der Waals surface area (Å²) in [6, 6.07) is 2.21. The topological polar surface area (TPSA) is 12.0 Å². The Morgan fingerprint density at radius 2 is 1.55 bits per heavy atom. The van der Waals surface area contributed by atoms with Gasteiger partial charge in [0, 0.05) is 11.1 Å². The van der Waals surface area contributed by atoms with Gasteiger partial charge in [-0.1, -0.05) is 47.6 Å². The highest BCUT2D eigenvalue weighted by Gasteiger charge is 2.45. The predicted octanol–water partition coefficient (Wildman–Crippen LogP) is 6.18. The van der Waals surface area contributed by atoms with Crippen molar-refractivity contribution in [2.45, 2.75) is 37.9 Å². The van der Waals surface area contributed by atoms with E-state index in [1.807, 2.05) is 0 Å². The van der Waals surface area contributed by atoms with Crippen molar-refractivity contribution in [3.63, 3.8) is 0 Å². The minimum Gasteiger partial charge on any atom is -0.379 e. The van der Waals surface area contributed by atoms with Crippen molar-refractivity contribution in [3.8, 4) is 0 Å². The number of nitrogens with one attached hydrogen (secondary N) is 1. The summed E-state index contributed by atoms with van der Waals surface area (Å²) in [6.07, 6.45) is -2.30. The van der Waals surface area contributed by atoms with Crippen LogP contribution in [0.2, 0.25) is 15.1 Å². The number of benzene rings is 1. The highest BCUT2D eigenvalue weighted by atomic mass is 35.5. The maximum atomic E-state index is 13.0. The number of alkyl halides is 3. The molecule has 1 saturated carbocycles. The Hall–Kier alpha value is -0.320. The van der Waals surface area contributed by atoms with Crippen LogP contribution in [0.5, 0.6) is 0 Å². The molecule has 112 valence electrons. The molecule has 0 spiro atoms. The lowest BCUT2D eigenvalue weighted by Gasteiger charge is -2.34. The summed E-state index contributed by atoms with van der Waals surface area (Å²) in [4.78, 5) is 0. The molecule has 1 fully saturated rings. The fourth-order valence-electron chi connectivity index (χ4n) is 2.56. The lowest BCUT2D eigenvalue weighted by Crippen LogP contribution is -2.41. The average Bonchev–Trinajstić information content (AvgIpc) is 2.33. The van der Waals surface area contributed by atoms with Crippen molar-refractivity contribution < 1.29 is 13.2 Å². The van der Waals surface area contributed by atoms with E-state index in [2.05, 4.69) is 5.32 Å². The third kappa shape index (κ3) is 3.66. The van der Waals surface area contributed by atoms with Gasteiger partial charge in [-0.05, 0) is 25.0 Å². The maximum Gasteiger partial charge on any atom is 0.393 e. The molecule has 2 atom stereocenters. The third-order valence-electron chi connectivity index (χ3n) is 3.52. The van der Waals surface area contributed by atoms with E-state index in [0.29, 0.717) is 23.6 Å². The summed E-state index contributed by atoms with van der Waals surface area (Å²) >= 11 is 17.8. The minimum absolute atomic E-state index is 0.129. The van der Waals surface area contributed by atoms with Gasteiger partial charge in [0.15, 0.2) is 0 Å². The van der Waals surface area contributed by atoms with E-state index in [9.17, 15) is 13.2 Å². The molecule has 1 aromatic rings. The van der Waals surface area contributed by atoms with Gasteiger partial charge in [0.25, 0.3) is 0 Å². The normalized spacial score (nSPS) is 23.7. The molecule has 0 aliphatic heterocycles. The SMILES string of the molecule is FC(F)(F)C1CCCCC1Nc1c(Cl)cc(Cl)cc1Cl. The van der Waals surface area contributed by atoms with E-state index in [4.69, 9.17) is 34.8 Å². The molecule has 0 amide bonds. The first-order chi connectivity index (χ1) is 9.29. The molecule has 0 saturated heterocycles. The van der Waals surface area contributed by atoms with Gasteiger partial charge >= 0.3 is 6.18 Å². The molecular formula is C13H13Cl3F3N. The Balaban J connectivity index is 2.23. The third-order valence-corrected chi connectivity index (χ3v) is 4.34. The lowest BCUT2D eigenvalue weighted by molar-refractivity contribution is -0.184. The predicted molar refractivity (Wildman–Crippen MR) is 76.9 cm³/mol. The molecule has 0 heterocycles. The van der Waals surface area contributed by atoms with Crippen LogP contribution in [0.1, 0.15) is 25.7 Å². The van der Waals surface area contributed by atoms with Crippen molar-refractivity contribution in [1.82, 2.24) is 0 Å². The Morgan fingerprint density at radius 3 is 2.10 bits per heavy atom. The summed E-state index contributed by atoms with van der Waals surface area (Å²) in [7, 11) is 0. The molecular weight excluding hydrogens is 334 g/mol. The van der Waals surface area contributed by atoms with Crippen LogP contribution in [0.15, 0.2) is 12.1 Å². The summed E-state index contributed by atoms with van der Waals surface area (Å²) in [5.41, 5.74) is 0.318. The van der Waals surface area contributed by atoms with Gasteiger partial charge in [0.2, 0.25) is 0 Å². The molecule has 20 heavy (non-hydrogen) atoms. The molecule has 0 radical (unpaired) electrons. The van der Waals surface area contributed by atoms with Crippen LogP contribution in [0.3, 0.4) is 0 Å². The Kier molecular flexibility index (Phi) is 4.98. The minimum atomic E-state index is -4.22. The number of hydrogen-bond acceptors (Lipinski definition) is 1. The van der Waals surface area contributed by atoms with E-state index in [0.717, 1.165) is 6.42 Å². The van der Waals surface area contributed by atoms with E-state index in [1.54, 1.807) is 0 Å². The number of rotatable bonds is 2. The lowest BCUT2D eigenvalue weighted by atomic mass is 9.84. The fraction of sp³-hybridized carbons (Fsp3) is 0.538. The molecule has 1 nitrogen and oxygen atoms in total. The fourth-order valence-corrected chi connectivity index (χ4v) is 3.49. The van der Waals surface area contributed by atoms with Crippen LogP contribution in [-0.4, -0.2) is 12.2 Å². The van der Waals surface area contributed by atoms with Gasteiger partial charge in [-0.2, -0.15) is 13.2 Å². The van der Waals surface area contributed by atoms with Crippen LogP contribution in [0.4, 0.5) is 18.9 Å². The molecule has 1 N–H and O–H groups in total. The van der Waals surface area contributed by atoms with E-state index in [-0.39, 0.29) is 16.5 Å². The zero-order chi connectivity index (χ0) is 14.9. The van der Waals surface area contributed by atoms with E-state index < -0.39 is 18.1 Å². The number of hydrogen-bond donors (Lipinski definition) is 1. The Labute approximate surface area is 130 Å². The standard InChI is InChI=1S/C13H13Cl3F3N/c14-7-5-9(15)12(10(16)6-7)20-11-4-2-1-3-8(11)13(17,18)19/h5-6,8,11,20H,1-4H2. The first-order valence-corrected chi connectivity index (χ1v) is 7.40. The van der Waals surface area contributed by atoms with E-state index in [1.165, 1.54) is 12.1 Å². The molecule has 1 aliphatic rings. The van der Waals surface area contributed by atoms with Gasteiger partial charge < -0.3 is 5.32 Å². The maximum absolute atomic E-state index is 13.0. The molecule has 2 unspecified atom stereocenters. The van der Waals surface area contributed by atoms with Gasteiger partial charge in [0.1, 0.15) is 0 Å². The quantitative estimate of drug-likeness (QED) is 0.674. The molecule has 0 bridgehead atoms. The molecule has 2 rings (SSSR count). The van der Waals surface area contributed by atoms with Crippen molar-refractivity contribution in [2.75, 3.05) is 5.32 Å². The van der Waals surface area contributed by atoms with Crippen LogP contribution in [-0.2, 0) is 0 Å². The zero-order valence-electron chi connectivity index (χ0n) is 10.4. The second-order valence-corrected chi connectivity index (χ2v) is 6.18. The first kappa shape index (κ1) is 16.1. The monoisotopic (exact) mass is 345 g/mol. The summed E-state index contributed by atoms with van der Waals surface area (Å²) < 4.78 is 39.1. The van der Waals surface area contributed by atoms with E-state index >= 15 is 0 Å². The number of anilines is 1.